The monoisotopic (exact) mass is 480 g/mol. The summed E-state index contributed by atoms with van der Waals surface area (Å²) in [5, 5.41) is 0.530. The number of hydrogen-bond acceptors (Lipinski definition) is 5. The molecule has 6 nitrogen and oxygen atoms in total. The predicted molar refractivity (Wildman–Crippen MR) is 115 cm³/mol. The fourth-order valence-electron chi connectivity index (χ4n) is 3.25. The molecule has 166 valence electrons. The van der Waals surface area contributed by atoms with E-state index in [9.17, 15) is 21.6 Å². The minimum atomic E-state index is -4.63. The highest BCUT2D eigenvalue weighted by molar-refractivity contribution is 7.91. The number of imidazole rings is 1. The smallest absolute Gasteiger partial charge is 0.324 e. The Kier molecular flexibility index (Phi) is 5.46. The molecule has 0 fully saturated rings. The van der Waals surface area contributed by atoms with Crippen molar-refractivity contribution < 1.29 is 21.6 Å². The highest BCUT2D eigenvalue weighted by atomic mass is 35.5. The number of alkyl halides is 3. The van der Waals surface area contributed by atoms with E-state index in [0.717, 1.165) is 12.3 Å². The van der Waals surface area contributed by atoms with Crippen LogP contribution in [0.4, 0.5) is 13.2 Å². The molecule has 0 spiro atoms. The van der Waals surface area contributed by atoms with E-state index in [1.807, 2.05) is 0 Å². The van der Waals surface area contributed by atoms with Gasteiger partial charge in [-0.05, 0) is 30.3 Å². The topological polar surface area (TPSA) is 77.7 Å². The van der Waals surface area contributed by atoms with E-state index in [1.54, 1.807) is 37.4 Å². The third kappa shape index (κ3) is 3.95. The molecule has 0 amide bonds. The molecule has 0 aliphatic heterocycles. The summed E-state index contributed by atoms with van der Waals surface area (Å²) in [5.41, 5.74) is 0.462. The second-order valence-electron chi connectivity index (χ2n) is 7.00. The van der Waals surface area contributed by atoms with Crippen LogP contribution in [0.25, 0.3) is 33.8 Å². The van der Waals surface area contributed by atoms with Crippen LogP contribution >= 0.6 is 11.6 Å². The van der Waals surface area contributed by atoms with Gasteiger partial charge in [0.1, 0.15) is 11.4 Å². The Balaban J connectivity index is 1.98. The van der Waals surface area contributed by atoms with Gasteiger partial charge in [0.15, 0.2) is 15.7 Å². The minimum Gasteiger partial charge on any atom is -0.324 e. The Bertz CT molecular complexity index is 1430. The molecular weight excluding hydrogens is 465 g/mol. The second kappa shape index (κ2) is 7.86. The van der Waals surface area contributed by atoms with Gasteiger partial charge in [-0.3, -0.25) is 0 Å². The van der Waals surface area contributed by atoms with Crippen LogP contribution in [0.2, 0.25) is 5.02 Å². The van der Waals surface area contributed by atoms with Crippen molar-refractivity contribution in [1.82, 2.24) is 19.5 Å². The van der Waals surface area contributed by atoms with Gasteiger partial charge >= 0.3 is 6.18 Å². The summed E-state index contributed by atoms with van der Waals surface area (Å²) in [6.45, 7) is 1.50. The highest BCUT2D eigenvalue weighted by Gasteiger charge is 2.33. The predicted octanol–water partition coefficient (Wildman–Crippen LogP) is 5.16. The maximum Gasteiger partial charge on any atom is 0.433 e. The molecule has 0 aliphatic rings. The third-order valence-corrected chi connectivity index (χ3v) is 6.99. The average Bonchev–Trinajstić information content (AvgIpc) is 3.09. The van der Waals surface area contributed by atoms with Crippen molar-refractivity contribution in [1.29, 1.82) is 0 Å². The van der Waals surface area contributed by atoms with E-state index in [0.29, 0.717) is 21.8 Å². The molecule has 0 N–H and O–H groups in total. The maximum atomic E-state index is 13.1. The maximum absolute atomic E-state index is 13.1. The fourth-order valence-corrected chi connectivity index (χ4v) is 4.39. The summed E-state index contributed by atoms with van der Waals surface area (Å²) in [5.74, 6) is -0.0601. The van der Waals surface area contributed by atoms with Crippen molar-refractivity contribution in [2.45, 2.75) is 18.0 Å². The first-order chi connectivity index (χ1) is 15.0. The SMILES string of the molecule is CCS(=O)(=O)c1ccc(-c2ccc(Cl)cc2)nc1-c1nc2cc(C(F)(F)F)ncc2n1C. The molecule has 0 saturated carbocycles. The lowest BCUT2D eigenvalue weighted by Gasteiger charge is -2.11. The lowest BCUT2D eigenvalue weighted by atomic mass is 10.1. The van der Waals surface area contributed by atoms with Gasteiger partial charge in [0.2, 0.25) is 0 Å². The third-order valence-electron chi connectivity index (χ3n) is 4.98. The van der Waals surface area contributed by atoms with E-state index < -0.39 is 21.7 Å². The van der Waals surface area contributed by atoms with Crippen LogP contribution < -0.4 is 0 Å². The summed E-state index contributed by atoms with van der Waals surface area (Å²) < 4.78 is 66.2. The molecule has 0 aliphatic carbocycles. The number of sulfone groups is 1. The van der Waals surface area contributed by atoms with E-state index in [2.05, 4.69) is 15.0 Å². The van der Waals surface area contributed by atoms with Crippen LogP contribution in [-0.4, -0.2) is 33.7 Å². The van der Waals surface area contributed by atoms with Crippen molar-refractivity contribution in [3.63, 3.8) is 0 Å². The Morgan fingerprint density at radius 3 is 2.38 bits per heavy atom. The van der Waals surface area contributed by atoms with Gasteiger partial charge in [-0.25, -0.2) is 23.4 Å². The molecule has 0 atom stereocenters. The van der Waals surface area contributed by atoms with Crippen molar-refractivity contribution in [3.8, 4) is 22.8 Å². The zero-order chi connectivity index (χ0) is 23.3. The van der Waals surface area contributed by atoms with Crippen LogP contribution in [0.1, 0.15) is 12.6 Å². The quantitative estimate of drug-likeness (QED) is 0.403. The first-order valence-electron chi connectivity index (χ1n) is 9.41. The number of halogens is 4. The van der Waals surface area contributed by atoms with Crippen LogP contribution in [-0.2, 0) is 23.1 Å². The second-order valence-corrected chi connectivity index (χ2v) is 9.69. The van der Waals surface area contributed by atoms with Gasteiger partial charge in [0, 0.05) is 17.6 Å². The average molecular weight is 481 g/mol. The van der Waals surface area contributed by atoms with Gasteiger partial charge in [-0.1, -0.05) is 30.7 Å². The molecule has 3 heterocycles. The molecule has 4 aromatic rings. The van der Waals surface area contributed by atoms with Gasteiger partial charge in [-0.2, -0.15) is 13.2 Å². The number of rotatable bonds is 4. The molecule has 4 rings (SSSR count). The van der Waals surface area contributed by atoms with Crippen molar-refractivity contribution in [2.75, 3.05) is 5.75 Å². The van der Waals surface area contributed by atoms with E-state index in [1.165, 1.54) is 17.6 Å². The van der Waals surface area contributed by atoms with Crippen molar-refractivity contribution in [3.05, 3.63) is 59.4 Å². The molecule has 1 aromatic carbocycles. The normalized spacial score (nSPS) is 12.4. The number of benzene rings is 1. The molecule has 0 bridgehead atoms. The van der Waals surface area contributed by atoms with E-state index in [-0.39, 0.29) is 27.7 Å². The number of pyridine rings is 2. The summed E-state index contributed by atoms with van der Waals surface area (Å²) in [4.78, 5) is 12.2. The number of aromatic nitrogens is 4. The number of nitrogens with zero attached hydrogens (tertiary/aromatic N) is 4. The summed E-state index contributed by atoms with van der Waals surface area (Å²) in [6.07, 6.45) is -3.57. The fraction of sp³-hybridized carbons (Fsp3) is 0.190. The van der Waals surface area contributed by atoms with E-state index >= 15 is 0 Å². The molecule has 0 radical (unpaired) electrons. The van der Waals surface area contributed by atoms with Crippen LogP contribution in [0.3, 0.4) is 0 Å². The zero-order valence-corrected chi connectivity index (χ0v) is 18.4. The minimum absolute atomic E-state index is 0.0309. The van der Waals surface area contributed by atoms with Gasteiger partial charge < -0.3 is 4.57 Å². The first-order valence-corrected chi connectivity index (χ1v) is 11.4. The highest BCUT2D eigenvalue weighted by Crippen LogP contribution is 2.33. The first kappa shape index (κ1) is 22.2. The van der Waals surface area contributed by atoms with Crippen molar-refractivity contribution >= 4 is 32.5 Å². The van der Waals surface area contributed by atoms with Crippen LogP contribution in [0.5, 0.6) is 0 Å². The number of fused-ring (bicyclic) bond motifs is 1. The van der Waals surface area contributed by atoms with Gasteiger partial charge in [0.05, 0.1) is 33.6 Å². The van der Waals surface area contributed by atoms with Crippen molar-refractivity contribution in [2.24, 2.45) is 7.05 Å². The zero-order valence-electron chi connectivity index (χ0n) is 16.9. The standard InChI is InChI=1S/C21H16ClF3N4O2S/c1-3-32(30,31)17-9-8-14(12-4-6-13(22)7-5-12)27-19(17)20-28-15-10-18(21(23,24)25)26-11-16(15)29(20)2/h4-11H,3H2,1-2H3. The molecule has 3 aromatic heterocycles. The Labute approximate surface area is 186 Å². The molecule has 0 saturated heterocycles. The lowest BCUT2D eigenvalue weighted by Crippen LogP contribution is -2.09. The number of aryl methyl sites for hydroxylation is 1. The summed E-state index contributed by atoms with van der Waals surface area (Å²) in [6, 6.07) is 10.7. The molecular formula is C21H16ClF3N4O2S. The summed E-state index contributed by atoms with van der Waals surface area (Å²) in [7, 11) is -2.13. The van der Waals surface area contributed by atoms with Crippen LogP contribution in [0.15, 0.2) is 53.6 Å². The molecule has 0 unspecified atom stereocenters. The van der Waals surface area contributed by atoms with E-state index in [4.69, 9.17) is 11.6 Å². The van der Waals surface area contributed by atoms with Crippen LogP contribution in [0, 0.1) is 0 Å². The Hall–Kier alpha value is -2.98. The lowest BCUT2D eigenvalue weighted by molar-refractivity contribution is -0.141. The number of hydrogen-bond donors (Lipinski definition) is 0. The van der Waals surface area contributed by atoms with Gasteiger partial charge in [0.25, 0.3) is 0 Å². The Morgan fingerprint density at radius 2 is 1.75 bits per heavy atom. The molecule has 32 heavy (non-hydrogen) atoms. The molecule has 11 heteroatoms. The summed E-state index contributed by atoms with van der Waals surface area (Å²) >= 11 is 5.94. The Morgan fingerprint density at radius 1 is 1.06 bits per heavy atom. The largest absolute Gasteiger partial charge is 0.433 e. The van der Waals surface area contributed by atoms with Gasteiger partial charge in [-0.15, -0.1) is 0 Å².